The third-order valence-corrected chi connectivity index (χ3v) is 6.58. The number of carboxylic acid groups (broad SMARTS) is 2. The van der Waals surface area contributed by atoms with Gasteiger partial charge in [-0.1, -0.05) is 44.2 Å². The van der Waals surface area contributed by atoms with Gasteiger partial charge in [0.1, 0.15) is 30.2 Å². The quantitative estimate of drug-likeness (QED) is 0.0611. The number of primary amides is 1. The van der Waals surface area contributed by atoms with E-state index in [9.17, 15) is 48.6 Å². The molecule has 0 spiro atoms. The molecule has 1 rings (SSSR count). The molecule has 18 heteroatoms. The molecule has 5 atom stereocenters. The molecule has 0 unspecified atom stereocenters. The maximum Gasteiger partial charge on any atom is 0.326 e. The SMILES string of the molecule is CC(C)C[C@H](NC(=O)[C@H](CC(=O)O)NC(=O)CN)C(=O)N[C@@H](CCC(N)=O)C(=O)N[C@@H](CO)C(=O)N[C@@H](Cc1ccccc1)C(=O)O. The van der Waals surface area contributed by atoms with Crippen molar-refractivity contribution < 1.29 is 53.7 Å². The lowest BCUT2D eigenvalue weighted by Crippen LogP contribution is -2.60. The zero-order valence-corrected chi connectivity index (χ0v) is 26.1. The molecule has 0 saturated carbocycles. The molecule has 12 N–H and O–H groups in total. The van der Waals surface area contributed by atoms with Gasteiger partial charge in [-0.2, -0.15) is 0 Å². The van der Waals surface area contributed by atoms with E-state index < -0.39 is 104 Å². The van der Waals surface area contributed by atoms with Crippen molar-refractivity contribution in [3.05, 3.63) is 35.9 Å². The van der Waals surface area contributed by atoms with Crippen molar-refractivity contribution >= 4 is 47.4 Å². The Balaban J connectivity index is 3.14. The van der Waals surface area contributed by atoms with Crippen molar-refractivity contribution in [2.45, 2.75) is 76.2 Å². The number of nitrogens with one attached hydrogen (secondary N) is 5. The average Bonchev–Trinajstić information content (AvgIpc) is 3.00. The van der Waals surface area contributed by atoms with Crippen LogP contribution in [0.15, 0.2) is 30.3 Å². The number of hydrogen-bond acceptors (Lipinski definition) is 10. The molecule has 0 aliphatic carbocycles. The number of aliphatic hydroxyl groups is 1. The molecule has 0 aromatic heterocycles. The van der Waals surface area contributed by atoms with E-state index in [1.165, 1.54) is 0 Å². The molecule has 1 aromatic carbocycles. The molecule has 1 aromatic rings. The second-order valence-electron chi connectivity index (χ2n) is 11.0. The summed E-state index contributed by atoms with van der Waals surface area (Å²) in [5, 5.41) is 40.0. The van der Waals surface area contributed by atoms with Crippen LogP contribution in [0.3, 0.4) is 0 Å². The van der Waals surface area contributed by atoms with Gasteiger partial charge < -0.3 is 53.4 Å². The first kappa shape index (κ1) is 39.9. The van der Waals surface area contributed by atoms with Gasteiger partial charge in [0.05, 0.1) is 19.6 Å². The number of carbonyl (C=O) groups excluding carboxylic acids is 6. The summed E-state index contributed by atoms with van der Waals surface area (Å²) in [6.45, 7) is 1.92. The second-order valence-corrected chi connectivity index (χ2v) is 11.0. The van der Waals surface area contributed by atoms with E-state index in [4.69, 9.17) is 16.6 Å². The third kappa shape index (κ3) is 15.2. The highest BCUT2D eigenvalue weighted by molar-refractivity contribution is 5.97. The summed E-state index contributed by atoms with van der Waals surface area (Å²) in [6, 6.07) is 0.827. The van der Waals surface area contributed by atoms with E-state index >= 15 is 0 Å². The van der Waals surface area contributed by atoms with Crippen LogP contribution >= 0.6 is 0 Å². The largest absolute Gasteiger partial charge is 0.481 e. The highest BCUT2D eigenvalue weighted by Crippen LogP contribution is 2.09. The predicted molar refractivity (Wildman–Crippen MR) is 164 cm³/mol. The number of hydrogen-bond donors (Lipinski definition) is 10. The molecule has 0 radical (unpaired) electrons. The Hall–Kier alpha value is -5.10. The number of aliphatic carboxylic acids is 2. The maximum atomic E-state index is 13.3. The lowest BCUT2D eigenvalue weighted by molar-refractivity contribution is -0.142. The first-order valence-corrected chi connectivity index (χ1v) is 14.7. The lowest BCUT2D eigenvalue weighted by Gasteiger charge is -2.27. The van der Waals surface area contributed by atoms with E-state index in [1.54, 1.807) is 44.2 Å². The zero-order chi connectivity index (χ0) is 35.7. The molecule has 47 heavy (non-hydrogen) atoms. The van der Waals surface area contributed by atoms with Gasteiger partial charge in [-0.05, 0) is 24.3 Å². The Kier molecular flexibility index (Phi) is 17.1. The van der Waals surface area contributed by atoms with Crippen molar-refractivity contribution in [1.29, 1.82) is 0 Å². The van der Waals surface area contributed by atoms with Gasteiger partial charge in [0.2, 0.25) is 35.4 Å². The summed E-state index contributed by atoms with van der Waals surface area (Å²) in [4.78, 5) is 98.7. The van der Waals surface area contributed by atoms with Gasteiger partial charge in [-0.25, -0.2) is 4.79 Å². The molecule has 0 fully saturated rings. The summed E-state index contributed by atoms with van der Waals surface area (Å²) in [5.74, 6) is -8.72. The van der Waals surface area contributed by atoms with E-state index in [0.717, 1.165) is 0 Å². The fraction of sp³-hybridized carbons (Fsp3) is 0.517. The first-order chi connectivity index (χ1) is 22.1. The maximum absolute atomic E-state index is 13.3. The van der Waals surface area contributed by atoms with E-state index in [-0.39, 0.29) is 25.2 Å². The van der Waals surface area contributed by atoms with Crippen LogP contribution in [0.2, 0.25) is 0 Å². The van der Waals surface area contributed by atoms with E-state index in [0.29, 0.717) is 5.56 Å². The fourth-order valence-corrected chi connectivity index (χ4v) is 4.23. The number of carbonyl (C=O) groups is 8. The number of amides is 6. The second kappa shape index (κ2) is 20.1. The summed E-state index contributed by atoms with van der Waals surface area (Å²) >= 11 is 0. The third-order valence-electron chi connectivity index (χ3n) is 6.58. The minimum atomic E-state index is -1.66. The molecule has 0 heterocycles. The molecular formula is C29H43N7O11. The molecule has 260 valence electrons. The summed E-state index contributed by atoms with van der Waals surface area (Å²) in [6.07, 6.45) is -1.70. The van der Waals surface area contributed by atoms with Crippen molar-refractivity contribution in [3.63, 3.8) is 0 Å². The molecule has 6 amide bonds. The van der Waals surface area contributed by atoms with Gasteiger partial charge in [0, 0.05) is 12.8 Å². The van der Waals surface area contributed by atoms with Crippen molar-refractivity contribution in [1.82, 2.24) is 26.6 Å². The minimum Gasteiger partial charge on any atom is -0.481 e. The van der Waals surface area contributed by atoms with Crippen LogP contribution in [-0.2, 0) is 44.8 Å². The topological polar surface area (TPSA) is 309 Å². The monoisotopic (exact) mass is 665 g/mol. The van der Waals surface area contributed by atoms with Crippen LogP contribution in [0.25, 0.3) is 0 Å². The Morgan fingerprint density at radius 1 is 0.723 bits per heavy atom. The number of nitrogens with two attached hydrogens (primary N) is 2. The molecule has 0 aliphatic heterocycles. The number of rotatable bonds is 21. The minimum absolute atomic E-state index is 0.00792. The highest BCUT2D eigenvalue weighted by Gasteiger charge is 2.33. The van der Waals surface area contributed by atoms with Crippen LogP contribution in [-0.4, -0.2) is 106 Å². The normalized spacial score (nSPS) is 14.0. The summed E-state index contributed by atoms with van der Waals surface area (Å²) in [5.41, 5.74) is 11.1. The smallest absolute Gasteiger partial charge is 0.326 e. The Morgan fingerprint density at radius 2 is 1.23 bits per heavy atom. The van der Waals surface area contributed by atoms with Gasteiger partial charge in [0.15, 0.2) is 0 Å². The molecular weight excluding hydrogens is 622 g/mol. The number of carboxylic acids is 2. The van der Waals surface area contributed by atoms with Gasteiger partial charge >= 0.3 is 11.9 Å². The van der Waals surface area contributed by atoms with Gasteiger partial charge in [-0.3, -0.25) is 33.6 Å². The number of aliphatic hydroxyl groups excluding tert-OH is 1. The van der Waals surface area contributed by atoms with Crippen LogP contribution in [0.4, 0.5) is 0 Å². The molecule has 18 nitrogen and oxygen atoms in total. The van der Waals surface area contributed by atoms with Gasteiger partial charge in [-0.15, -0.1) is 0 Å². The Bertz CT molecular complexity index is 1280. The van der Waals surface area contributed by atoms with E-state index in [2.05, 4.69) is 26.6 Å². The van der Waals surface area contributed by atoms with Crippen LogP contribution < -0.4 is 38.1 Å². The Labute approximate surface area is 270 Å². The fourth-order valence-electron chi connectivity index (χ4n) is 4.23. The first-order valence-electron chi connectivity index (χ1n) is 14.7. The molecule has 0 aliphatic rings. The average molecular weight is 666 g/mol. The molecule has 0 bridgehead atoms. The summed E-state index contributed by atoms with van der Waals surface area (Å²) < 4.78 is 0. The summed E-state index contributed by atoms with van der Waals surface area (Å²) in [7, 11) is 0. The standard InChI is InChI=1S/C29H43N7O11/c1-15(2)10-18(34-27(44)19(12-24(40)41)32-23(39)13-30)26(43)33-17(8-9-22(31)38)25(42)36-21(14-37)28(45)35-20(29(46)47)11-16-6-4-3-5-7-16/h3-7,15,17-21,37H,8-14,30H2,1-2H3,(H2,31,38)(H,32,39)(H,33,43)(H,34,44)(H,35,45)(H,36,42)(H,40,41)(H,46,47)/t17-,18-,19-,20-,21-/m0/s1. The van der Waals surface area contributed by atoms with Gasteiger partial charge in [0.25, 0.3) is 0 Å². The predicted octanol–water partition coefficient (Wildman–Crippen LogP) is -3.53. The zero-order valence-electron chi connectivity index (χ0n) is 26.1. The van der Waals surface area contributed by atoms with Crippen molar-refractivity contribution in [2.24, 2.45) is 17.4 Å². The van der Waals surface area contributed by atoms with Crippen molar-refractivity contribution in [3.8, 4) is 0 Å². The van der Waals surface area contributed by atoms with Crippen molar-refractivity contribution in [2.75, 3.05) is 13.2 Å². The highest BCUT2D eigenvalue weighted by atomic mass is 16.4. The van der Waals surface area contributed by atoms with E-state index in [1.807, 2.05) is 0 Å². The van der Waals surface area contributed by atoms with Crippen LogP contribution in [0.5, 0.6) is 0 Å². The molecule has 0 saturated heterocycles. The van der Waals surface area contributed by atoms with Crippen LogP contribution in [0, 0.1) is 5.92 Å². The van der Waals surface area contributed by atoms with Crippen LogP contribution in [0.1, 0.15) is 45.1 Å². The number of benzene rings is 1. The Morgan fingerprint density at radius 3 is 1.74 bits per heavy atom. The lowest BCUT2D eigenvalue weighted by atomic mass is 10.0.